The van der Waals surface area contributed by atoms with Crippen molar-refractivity contribution in [3.8, 4) is 5.75 Å². The average Bonchev–Trinajstić information content (AvgIpc) is 2.17. The summed E-state index contributed by atoms with van der Waals surface area (Å²) in [6, 6.07) is 2.64. The summed E-state index contributed by atoms with van der Waals surface area (Å²) in [6.45, 7) is 1.77. The van der Waals surface area contributed by atoms with E-state index >= 15 is 0 Å². The van der Waals surface area contributed by atoms with E-state index in [1.807, 2.05) is 0 Å². The molecule has 0 saturated heterocycles. The molecule has 0 aliphatic heterocycles. The first-order chi connectivity index (χ1) is 6.60. The number of carbonyl (C=O) groups excluding carboxylic acids is 1. The van der Waals surface area contributed by atoms with Crippen LogP contribution in [0.3, 0.4) is 0 Å². The van der Waals surface area contributed by atoms with Crippen LogP contribution in [0.25, 0.3) is 0 Å². The number of carboxylic acids is 1. The lowest BCUT2D eigenvalue weighted by Crippen LogP contribution is -2.00. The van der Waals surface area contributed by atoms with Crippen molar-refractivity contribution in [2.45, 2.75) is 13.3 Å². The molecule has 0 aliphatic rings. The van der Waals surface area contributed by atoms with Crippen molar-refractivity contribution in [2.75, 3.05) is 0 Å². The van der Waals surface area contributed by atoms with Crippen molar-refractivity contribution < 1.29 is 19.8 Å². The number of benzene rings is 1. The predicted molar refractivity (Wildman–Crippen MR) is 49.8 cm³/mol. The number of carboxylic acid groups (broad SMARTS) is 1. The van der Waals surface area contributed by atoms with Gasteiger partial charge in [0, 0.05) is 5.56 Å². The van der Waals surface area contributed by atoms with E-state index in [4.69, 9.17) is 5.11 Å². The van der Waals surface area contributed by atoms with Gasteiger partial charge in [-0.2, -0.15) is 0 Å². The maximum Gasteiger partial charge on any atom is 0.339 e. The third-order valence-electron chi connectivity index (χ3n) is 1.96. The number of aldehydes is 1. The van der Waals surface area contributed by atoms with Gasteiger partial charge in [0.05, 0.1) is 0 Å². The molecule has 0 unspecified atom stereocenters. The first kappa shape index (κ1) is 10.2. The van der Waals surface area contributed by atoms with E-state index < -0.39 is 5.97 Å². The van der Waals surface area contributed by atoms with E-state index in [9.17, 15) is 14.7 Å². The van der Waals surface area contributed by atoms with Gasteiger partial charge in [-0.25, -0.2) is 4.79 Å². The molecule has 2 N–H and O–H groups in total. The van der Waals surface area contributed by atoms with Gasteiger partial charge < -0.3 is 10.2 Å². The number of hydrogen-bond donors (Lipinski definition) is 2. The molecule has 0 bridgehead atoms. The molecule has 74 valence electrons. The number of phenols is 1. The predicted octanol–water partition coefficient (Wildman–Crippen LogP) is 1.47. The third-order valence-corrected chi connectivity index (χ3v) is 1.96. The van der Waals surface area contributed by atoms with Gasteiger partial charge in [0.15, 0.2) is 0 Å². The Bertz CT molecular complexity index is 382. The third kappa shape index (κ3) is 1.74. The zero-order chi connectivity index (χ0) is 10.7. The van der Waals surface area contributed by atoms with Gasteiger partial charge in [-0.1, -0.05) is 6.92 Å². The molecule has 14 heavy (non-hydrogen) atoms. The largest absolute Gasteiger partial charge is 0.507 e. The number of rotatable bonds is 3. The quantitative estimate of drug-likeness (QED) is 0.714. The monoisotopic (exact) mass is 194 g/mol. The van der Waals surface area contributed by atoms with Gasteiger partial charge in [0.1, 0.15) is 17.6 Å². The number of aromatic hydroxyl groups is 1. The van der Waals surface area contributed by atoms with Crippen molar-refractivity contribution in [2.24, 2.45) is 0 Å². The molecule has 0 saturated carbocycles. The topological polar surface area (TPSA) is 74.6 Å². The lowest BCUT2D eigenvalue weighted by molar-refractivity contribution is 0.0693. The summed E-state index contributed by atoms with van der Waals surface area (Å²) in [5, 5.41) is 18.2. The molecule has 0 aliphatic carbocycles. The van der Waals surface area contributed by atoms with Crippen molar-refractivity contribution in [3.63, 3.8) is 0 Å². The van der Waals surface area contributed by atoms with Gasteiger partial charge in [0.25, 0.3) is 0 Å². The minimum absolute atomic E-state index is 0.230. The van der Waals surface area contributed by atoms with Gasteiger partial charge in [-0.3, -0.25) is 4.79 Å². The van der Waals surface area contributed by atoms with Crippen LogP contribution < -0.4 is 0 Å². The molecule has 1 aromatic rings. The van der Waals surface area contributed by atoms with Crippen LogP contribution in [0.4, 0.5) is 0 Å². The summed E-state index contributed by atoms with van der Waals surface area (Å²) in [7, 11) is 0. The minimum Gasteiger partial charge on any atom is -0.507 e. The second-order valence-electron chi connectivity index (χ2n) is 2.85. The molecule has 0 amide bonds. The molecule has 4 nitrogen and oxygen atoms in total. The summed E-state index contributed by atoms with van der Waals surface area (Å²) in [4.78, 5) is 21.2. The van der Waals surface area contributed by atoms with Gasteiger partial charge in [-0.15, -0.1) is 0 Å². The molecule has 0 spiro atoms. The highest BCUT2D eigenvalue weighted by atomic mass is 16.4. The second-order valence-corrected chi connectivity index (χ2v) is 2.85. The van der Waals surface area contributed by atoms with Crippen molar-refractivity contribution in [1.82, 2.24) is 0 Å². The van der Waals surface area contributed by atoms with Gasteiger partial charge in [-0.05, 0) is 24.1 Å². The molecule has 1 rings (SSSR count). The normalized spacial score (nSPS) is 9.79. The van der Waals surface area contributed by atoms with Crippen LogP contribution in [0.15, 0.2) is 12.1 Å². The molecule has 0 aromatic heterocycles. The maximum absolute atomic E-state index is 10.7. The smallest absolute Gasteiger partial charge is 0.339 e. The fourth-order valence-electron chi connectivity index (χ4n) is 1.22. The van der Waals surface area contributed by atoms with Crippen LogP contribution in [0.1, 0.15) is 33.2 Å². The first-order valence-corrected chi connectivity index (χ1v) is 4.14. The van der Waals surface area contributed by atoms with E-state index in [0.29, 0.717) is 18.3 Å². The summed E-state index contributed by atoms with van der Waals surface area (Å²) in [5.74, 6) is -1.49. The molecule has 1 aromatic carbocycles. The van der Waals surface area contributed by atoms with Crippen LogP contribution >= 0.6 is 0 Å². The lowest BCUT2D eigenvalue weighted by atomic mass is 10.0. The zero-order valence-corrected chi connectivity index (χ0v) is 7.65. The Hall–Kier alpha value is -1.84. The first-order valence-electron chi connectivity index (χ1n) is 4.14. The lowest BCUT2D eigenvalue weighted by Gasteiger charge is -2.05. The van der Waals surface area contributed by atoms with Crippen LogP contribution in [-0.4, -0.2) is 22.5 Å². The highest BCUT2D eigenvalue weighted by Crippen LogP contribution is 2.24. The Kier molecular flexibility index (Phi) is 2.86. The summed E-state index contributed by atoms with van der Waals surface area (Å²) >= 11 is 0. The average molecular weight is 194 g/mol. The van der Waals surface area contributed by atoms with Gasteiger partial charge in [0.2, 0.25) is 0 Å². The number of carbonyl (C=O) groups is 2. The van der Waals surface area contributed by atoms with E-state index in [-0.39, 0.29) is 16.9 Å². The number of aryl methyl sites for hydroxylation is 1. The molecule has 4 heteroatoms. The van der Waals surface area contributed by atoms with Crippen LogP contribution in [-0.2, 0) is 6.42 Å². The van der Waals surface area contributed by atoms with Crippen LogP contribution in [0, 0.1) is 0 Å². The van der Waals surface area contributed by atoms with Crippen molar-refractivity contribution in [1.29, 1.82) is 0 Å². The Morgan fingerprint density at radius 3 is 2.57 bits per heavy atom. The standard InChI is InChI=1S/C10H10O4/c1-2-7-3-6(5-11)4-8(9(7)12)10(13)14/h3-5,12H,2H2,1H3,(H,13,14). The Balaban J connectivity index is 3.41. The summed E-state index contributed by atoms with van der Waals surface area (Å²) in [5.41, 5.74) is 0.496. The number of hydrogen-bond acceptors (Lipinski definition) is 3. The Morgan fingerprint density at radius 2 is 2.14 bits per heavy atom. The molecule has 0 heterocycles. The Labute approximate surface area is 80.8 Å². The Morgan fingerprint density at radius 1 is 1.50 bits per heavy atom. The molecule has 0 atom stereocenters. The van der Waals surface area contributed by atoms with E-state index in [1.165, 1.54) is 6.07 Å². The summed E-state index contributed by atoms with van der Waals surface area (Å²) < 4.78 is 0. The SMILES string of the molecule is CCc1cc(C=O)cc(C(=O)O)c1O. The highest BCUT2D eigenvalue weighted by molar-refractivity contribution is 5.93. The minimum atomic E-state index is -1.24. The van der Waals surface area contributed by atoms with E-state index in [1.54, 1.807) is 6.92 Å². The number of aromatic carboxylic acids is 1. The molecule has 0 radical (unpaired) electrons. The second kappa shape index (κ2) is 3.91. The van der Waals surface area contributed by atoms with Crippen molar-refractivity contribution >= 4 is 12.3 Å². The zero-order valence-electron chi connectivity index (χ0n) is 7.65. The molecule has 0 fully saturated rings. The molecular weight excluding hydrogens is 184 g/mol. The molecular formula is C10H10O4. The van der Waals surface area contributed by atoms with E-state index in [0.717, 1.165) is 6.07 Å². The van der Waals surface area contributed by atoms with Crippen molar-refractivity contribution in [3.05, 3.63) is 28.8 Å². The maximum atomic E-state index is 10.7. The van der Waals surface area contributed by atoms with Gasteiger partial charge >= 0.3 is 5.97 Å². The van der Waals surface area contributed by atoms with E-state index in [2.05, 4.69) is 0 Å². The fourth-order valence-corrected chi connectivity index (χ4v) is 1.22. The highest BCUT2D eigenvalue weighted by Gasteiger charge is 2.14. The van der Waals surface area contributed by atoms with Crippen LogP contribution in [0.2, 0.25) is 0 Å². The fraction of sp³-hybridized carbons (Fsp3) is 0.200. The van der Waals surface area contributed by atoms with Crippen LogP contribution in [0.5, 0.6) is 5.75 Å². The summed E-state index contributed by atoms with van der Waals surface area (Å²) in [6.07, 6.45) is 1.04.